The zero-order chi connectivity index (χ0) is 13.6. The average molecular weight is 258 g/mol. The second kappa shape index (κ2) is 4.47. The van der Waals surface area contributed by atoms with Gasteiger partial charge in [0.05, 0.1) is 18.6 Å². The van der Waals surface area contributed by atoms with Crippen LogP contribution in [-0.4, -0.2) is 29.1 Å². The van der Waals surface area contributed by atoms with Gasteiger partial charge in [0.1, 0.15) is 5.78 Å². The molecule has 100 valence electrons. The zero-order valence-electron chi connectivity index (χ0n) is 11.5. The second-order valence-corrected chi connectivity index (χ2v) is 5.22. The largest absolute Gasteiger partial charge is 0.350 e. The summed E-state index contributed by atoms with van der Waals surface area (Å²) in [5.41, 5.74) is 2.35. The lowest BCUT2D eigenvalue weighted by molar-refractivity contribution is -0.121. The Morgan fingerprint density at radius 3 is 2.79 bits per heavy atom. The van der Waals surface area contributed by atoms with Crippen molar-refractivity contribution >= 4 is 16.7 Å². The van der Waals surface area contributed by atoms with E-state index >= 15 is 0 Å². The van der Waals surface area contributed by atoms with Gasteiger partial charge in [0.25, 0.3) is 0 Å². The Labute approximate surface area is 112 Å². The van der Waals surface area contributed by atoms with E-state index in [1.54, 1.807) is 6.92 Å². The molecule has 1 aliphatic heterocycles. The molecule has 0 aliphatic carbocycles. The fourth-order valence-corrected chi connectivity index (χ4v) is 2.98. The molecule has 1 fully saturated rings. The number of benzene rings is 1. The molecule has 1 aromatic carbocycles. The van der Waals surface area contributed by atoms with E-state index in [2.05, 4.69) is 22.9 Å². The number of hydrogen-bond acceptors (Lipinski definition) is 3. The summed E-state index contributed by atoms with van der Waals surface area (Å²) in [6, 6.07) is 8.27. The van der Waals surface area contributed by atoms with Crippen LogP contribution >= 0.6 is 0 Å². The molecule has 1 aromatic heterocycles. The summed E-state index contributed by atoms with van der Waals surface area (Å²) < 4.78 is 2.11. The van der Waals surface area contributed by atoms with Gasteiger partial charge < -0.3 is 4.57 Å². The van der Waals surface area contributed by atoms with E-state index in [0.717, 1.165) is 0 Å². The van der Waals surface area contributed by atoms with Gasteiger partial charge in [0.2, 0.25) is 0 Å². The molecule has 0 N–H and O–H groups in total. The van der Waals surface area contributed by atoms with Crippen molar-refractivity contribution in [3.63, 3.8) is 0 Å². The van der Waals surface area contributed by atoms with Crippen LogP contribution in [0.15, 0.2) is 30.5 Å². The molecule has 1 saturated heterocycles. The molecule has 4 nitrogen and oxygen atoms in total. The summed E-state index contributed by atoms with van der Waals surface area (Å²) in [7, 11) is 3.93. The Hall–Kier alpha value is -1.65. The number of para-hydroxylation sites is 1. The Balaban J connectivity index is 2.15. The molecule has 0 amide bonds. The van der Waals surface area contributed by atoms with Crippen molar-refractivity contribution in [2.45, 2.75) is 13.0 Å². The molecule has 0 saturated carbocycles. The van der Waals surface area contributed by atoms with Gasteiger partial charge in [0.15, 0.2) is 0 Å². The minimum Gasteiger partial charge on any atom is -0.350 e. The molecule has 0 unspecified atom stereocenters. The third-order valence-corrected chi connectivity index (χ3v) is 4.00. The minimum absolute atomic E-state index is 0.00333. The number of nitrogens with zero attached hydrogens (tertiary/aromatic N) is 2. The number of carbonyl (C=O) groups is 1. The quantitative estimate of drug-likeness (QED) is 0.829. The summed E-state index contributed by atoms with van der Waals surface area (Å²) in [4.78, 5) is 17.4. The van der Waals surface area contributed by atoms with Crippen molar-refractivity contribution in [2.75, 3.05) is 13.7 Å². The fourth-order valence-electron chi connectivity index (χ4n) is 2.98. The van der Waals surface area contributed by atoms with Crippen LogP contribution in [0.1, 0.15) is 18.5 Å². The van der Waals surface area contributed by atoms with E-state index < -0.39 is 0 Å². The predicted octanol–water partition coefficient (Wildman–Crippen LogP) is 2.30. The third-order valence-electron chi connectivity index (χ3n) is 4.00. The van der Waals surface area contributed by atoms with Gasteiger partial charge in [-0.25, -0.2) is 0 Å². The van der Waals surface area contributed by atoms with Gasteiger partial charge in [-0.15, -0.1) is 0 Å². The molecule has 19 heavy (non-hydrogen) atoms. The highest BCUT2D eigenvalue weighted by Gasteiger charge is 2.38. The van der Waals surface area contributed by atoms with Crippen LogP contribution in [0.5, 0.6) is 0 Å². The van der Waals surface area contributed by atoms with Crippen LogP contribution in [-0.2, 0) is 16.7 Å². The Morgan fingerprint density at radius 2 is 2.05 bits per heavy atom. The second-order valence-electron chi connectivity index (χ2n) is 5.22. The maximum Gasteiger partial charge on any atom is 0.137 e. The Bertz CT molecular complexity index is 632. The predicted molar refractivity (Wildman–Crippen MR) is 73.5 cm³/mol. The first kappa shape index (κ1) is 12.4. The lowest BCUT2D eigenvalue weighted by atomic mass is 9.91. The summed E-state index contributed by atoms with van der Waals surface area (Å²) in [5.74, 6) is 0.0955. The van der Waals surface area contributed by atoms with Crippen molar-refractivity contribution in [1.29, 1.82) is 0 Å². The van der Waals surface area contributed by atoms with Crippen LogP contribution in [0.4, 0.5) is 0 Å². The van der Waals surface area contributed by atoms with E-state index in [4.69, 9.17) is 4.84 Å². The topological polar surface area (TPSA) is 34.5 Å². The number of ketones is 1. The fraction of sp³-hybridized carbons (Fsp3) is 0.400. The monoisotopic (exact) mass is 258 g/mol. The number of carbonyl (C=O) groups excluding carboxylic acids is 1. The first-order chi connectivity index (χ1) is 9.09. The number of aryl methyl sites for hydroxylation is 1. The lowest BCUT2D eigenvalue weighted by Gasteiger charge is -2.20. The molecule has 0 radical (unpaired) electrons. The summed E-state index contributed by atoms with van der Waals surface area (Å²) >= 11 is 0. The van der Waals surface area contributed by atoms with E-state index in [1.807, 2.05) is 31.3 Å². The number of fused-ring (bicyclic) bond motifs is 1. The molecule has 0 spiro atoms. The van der Waals surface area contributed by atoms with E-state index in [9.17, 15) is 4.79 Å². The van der Waals surface area contributed by atoms with Crippen LogP contribution in [0.2, 0.25) is 0 Å². The average Bonchev–Trinajstić information content (AvgIpc) is 2.91. The summed E-state index contributed by atoms with van der Waals surface area (Å²) in [6.45, 7) is 2.12. The first-order valence-corrected chi connectivity index (χ1v) is 6.49. The van der Waals surface area contributed by atoms with Crippen LogP contribution < -0.4 is 0 Å². The molecule has 2 aromatic rings. The Kier molecular flexibility index (Phi) is 2.92. The number of rotatable bonds is 2. The van der Waals surface area contributed by atoms with Crippen LogP contribution in [0.3, 0.4) is 0 Å². The lowest BCUT2D eigenvalue weighted by Crippen LogP contribution is -2.24. The standard InChI is InChI=1S/C15H18N2O2/c1-10(18)13-9-19-17(3)15(13)12-8-16(2)14-7-5-4-6-11(12)14/h4-8,13,15H,9H2,1-3H3/t13-,15+/m1/s1. The summed E-state index contributed by atoms with van der Waals surface area (Å²) in [5, 5.41) is 3.01. The summed E-state index contributed by atoms with van der Waals surface area (Å²) in [6.07, 6.45) is 2.11. The van der Waals surface area contributed by atoms with Gasteiger partial charge in [-0.1, -0.05) is 18.2 Å². The van der Waals surface area contributed by atoms with Crippen molar-refractivity contribution in [3.8, 4) is 0 Å². The molecule has 2 heterocycles. The van der Waals surface area contributed by atoms with Crippen molar-refractivity contribution in [2.24, 2.45) is 13.0 Å². The molecule has 0 bridgehead atoms. The number of aromatic nitrogens is 1. The van der Waals surface area contributed by atoms with Crippen molar-refractivity contribution in [3.05, 3.63) is 36.0 Å². The maximum absolute atomic E-state index is 11.8. The minimum atomic E-state index is -0.0872. The SMILES string of the molecule is CC(=O)[C@H]1CON(C)[C@H]1c1cn(C)c2ccccc12. The highest BCUT2D eigenvalue weighted by molar-refractivity contribution is 5.86. The highest BCUT2D eigenvalue weighted by atomic mass is 16.7. The number of hydrogen-bond donors (Lipinski definition) is 0. The molecular weight excluding hydrogens is 240 g/mol. The first-order valence-electron chi connectivity index (χ1n) is 6.49. The van der Waals surface area contributed by atoms with Crippen molar-refractivity contribution in [1.82, 2.24) is 9.63 Å². The van der Waals surface area contributed by atoms with Crippen LogP contribution in [0, 0.1) is 5.92 Å². The highest BCUT2D eigenvalue weighted by Crippen LogP contribution is 2.38. The van der Waals surface area contributed by atoms with Gasteiger partial charge in [-0.3, -0.25) is 9.63 Å². The molecular formula is C15H18N2O2. The third kappa shape index (κ3) is 1.88. The maximum atomic E-state index is 11.8. The normalized spacial score (nSPS) is 24.2. The van der Waals surface area contributed by atoms with Gasteiger partial charge in [-0.05, 0) is 18.6 Å². The van der Waals surface area contributed by atoms with Gasteiger partial charge in [0, 0.05) is 31.2 Å². The molecule has 3 rings (SSSR count). The molecule has 2 atom stereocenters. The van der Waals surface area contributed by atoms with Crippen molar-refractivity contribution < 1.29 is 9.63 Å². The van der Waals surface area contributed by atoms with Gasteiger partial charge in [-0.2, -0.15) is 5.06 Å². The Morgan fingerprint density at radius 1 is 1.32 bits per heavy atom. The van der Waals surface area contributed by atoms with E-state index in [0.29, 0.717) is 6.61 Å². The number of hydroxylamine groups is 2. The molecule has 1 aliphatic rings. The number of Topliss-reactive ketones (excluding diaryl/α,β-unsaturated/α-hetero) is 1. The van der Waals surface area contributed by atoms with E-state index in [-0.39, 0.29) is 17.7 Å². The van der Waals surface area contributed by atoms with Crippen LogP contribution in [0.25, 0.3) is 10.9 Å². The smallest absolute Gasteiger partial charge is 0.137 e. The zero-order valence-corrected chi connectivity index (χ0v) is 11.5. The molecule has 4 heteroatoms. The van der Waals surface area contributed by atoms with E-state index in [1.165, 1.54) is 16.5 Å². The van der Waals surface area contributed by atoms with Gasteiger partial charge >= 0.3 is 0 Å².